The molecule has 3 heteroatoms. The van der Waals surface area contributed by atoms with Gasteiger partial charge < -0.3 is 5.32 Å². The van der Waals surface area contributed by atoms with Crippen molar-refractivity contribution in [1.82, 2.24) is 5.32 Å². The normalized spacial score (nSPS) is 23.5. The van der Waals surface area contributed by atoms with Crippen molar-refractivity contribution in [3.05, 3.63) is 34.6 Å². The molecule has 2 atom stereocenters. The Balaban J connectivity index is 1.90. The SMILES string of the molecule is CCNCC1CCC1Cc1ccc(Cl)c(F)c1. The molecular formula is C14H19ClFN. The smallest absolute Gasteiger partial charge is 0.142 e. The summed E-state index contributed by atoms with van der Waals surface area (Å²) in [6.45, 7) is 4.25. The first-order chi connectivity index (χ1) is 8.20. The van der Waals surface area contributed by atoms with Crippen LogP contribution < -0.4 is 5.32 Å². The van der Waals surface area contributed by atoms with Crippen molar-refractivity contribution in [3.8, 4) is 0 Å². The van der Waals surface area contributed by atoms with E-state index in [1.165, 1.54) is 12.8 Å². The summed E-state index contributed by atoms with van der Waals surface area (Å²) < 4.78 is 13.3. The molecule has 1 aromatic carbocycles. The van der Waals surface area contributed by atoms with Crippen molar-refractivity contribution in [1.29, 1.82) is 0 Å². The Morgan fingerprint density at radius 1 is 1.35 bits per heavy atom. The van der Waals surface area contributed by atoms with Gasteiger partial charge in [-0.3, -0.25) is 0 Å². The molecule has 2 rings (SSSR count). The number of halogens is 2. The maximum absolute atomic E-state index is 13.3. The van der Waals surface area contributed by atoms with Crippen LogP contribution in [0.3, 0.4) is 0 Å². The van der Waals surface area contributed by atoms with Gasteiger partial charge in [0.05, 0.1) is 5.02 Å². The highest BCUT2D eigenvalue weighted by Gasteiger charge is 2.30. The van der Waals surface area contributed by atoms with E-state index in [4.69, 9.17) is 11.6 Å². The van der Waals surface area contributed by atoms with Crippen molar-refractivity contribution < 1.29 is 4.39 Å². The van der Waals surface area contributed by atoms with Crippen LogP contribution in [0.1, 0.15) is 25.3 Å². The average Bonchev–Trinajstić information content (AvgIpc) is 2.29. The lowest BCUT2D eigenvalue weighted by molar-refractivity contribution is 0.171. The first-order valence-electron chi connectivity index (χ1n) is 6.35. The second kappa shape index (κ2) is 5.83. The third kappa shape index (κ3) is 3.20. The summed E-state index contributed by atoms with van der Waals surface area (Å²) in [6, 6.07) is 5.17. The van der Waals surface area contributed by atoms with E-state index >= 15 is 0 Å². The van der Waals surface area contributed by atoms with Crippen molar-refractivity contribution >= 4 is 11.6 Å². The molecule has 0 amide bonds. The minimum Gasteiger partial charge on any atom is -0.317 e. The van der Waals surface area contributed by atoms with Crippen LogP contribution in [0.2, 0.25) is 5.02 Å². The zero-order chi connectivity index (χ0) is 12.3. The van der Waals surface area contributed by atoms with E-state index in [9.17, 15) is 4.39 Å². The molecule has 1 aliphatic rings. The first kappa shape index (κ1) is 12.8. The lowest BCUT2D eigenvalue weighted by atomic mass is 9.70. The molecule has 0 spiro atoms. The Labute approximate surface area is 107 Å². The van der Waals surface area contributed by atoms with E-state index in [1.807, 2.05) is 6.07 Å². The number of rotatable bonds is 5. The zero-order valence-electron chi connectivity index (χ0n) is 10.2. The van der Waals surface area contributed by atoms with Gasteiger partial charge >= 0.3 is 0 Å². The Hall–Kier alpha value is -0.600. The van der Waals surface area contributed by atoms with Gasteiger partial charge in [0, 0.05) is 0 Å². The first-order valence-corrected chi connectivity index (χ1v) is 6.73. The lowest BCUT2D eigenvalue weighted by Crippen LogP contribution is -2.36. The fourth-order valence-electron chi connectivity index (χ4n) is 2.47. The highest BCUT2D eigenvalue weighted by atomic mass is 35.5. The Bertz CT molecular complexity index is 380. The van der Waals surface area contributed by atoms with E-state index in [2.05, 4.69) is 12.2 Å². The molecule has 1 nitrogen and oxygen atoms in total. The molecule has 0 aromatic heterocycles. The van der Waals surface area contributed by atoms with Crippen LogP contribution in [0.4, 0.5) is 4.39 Å². The molecule has 0 saturated heterocycles. The molecule has 1 N–H and O–H groups in total. The molecule has 1 fully saturated rings. The fraction of sp³-hybridized carbons (Fsp3) is 0.571. The summed E-state index contributed by atoms with van der Waals surface area (Å²) in [5.74, 6) is 1.16. The van der Waals surface area contributed by atoms with Crippen molar-refractivity contribution in [2.75, 3.05) is 13.1 Å². The third-order valence-electron chi connectivity index (χ3n) is 3.71. The van der Waals surface area contributed by atoms with E-state index in [0.717, 1.165) is 31.0 Å². The van der Waals surface area contributed by atoms with E-state index < -0.39 is 0 Å². The van der Waals surface area contributed by atoms with Gasteiger partial charge in [0.25, 0.3) is 0 Å². The molecule has 2 unspecified atom stereocenters. The van der Waals surface area contributed by atoms with Crippen LogP contribution in [0.15, 0.2) is 18.2 Å². The summed E-state index contributed by atoms with van der Waals surface area (Å²) in [6.07, 6.45) is 3.54. The topological polar surface area (TPSA) is 12.0 Å². The average molecular weight is 256 g/mol. The number of hydrogen-bond acceptors (Lipinski definition) is 1. The van der Waals surface area contributed by atoms with Crippen molar-refractivity contribution in [2.24, 2.45) is 11.8 Å². The highest BCUT2D eigenvalue weighted by molar-refractivity contribution is 6.30. The highest BCUT2D eigenvalue weighted by Crippen LogP contribution is 2.36. The monoisotopic (exact) mass is 255 g/mol. The summed E-state index contributed by atoms with van der Waals surface area (Å²) in [5.41, 5.74) is 1.07. The van der Waals surface area contributed by atoms with Crippen molar-refractivity contribution in [3.63, 3.8) is 0 Å². The quantitative estimate of drug-likeness (QED) is 0.847. The van der Waals surface area contributed by atoms with Gasteiger partial charge in [-0.15, -0.1) is 0 Å². The summed E-state index contributed by atoms with van der Waals surface area (Å²) in [5, 5.41) is 3.61. The van der Waals surface area contributed by atoms with E-state index in [-0.39, 0.29) is 10.8 Å². The zero-order valence-corrected chi connectivity index (χ0v) is 10.9. The largest absolute Gasteiger partial charge is 0.317 e. The van der Waals surface area contributed by atoms with E-state index in [0.29, 0.717) is 5.92 Å². The standard InChI is InChI=1S/C14H19ClFN/c1-2-17-9-12-5-4-11(12)7-10-3-6-13(15)14(16)8-10/h3,6,8,11-12,17H,2,4-5,7,9H2,1H3. The molecule has 17 heavy (non-hydrogen) atoms. The second-order valence-electron chi connectivity index (χ2n) is 4.86. The molecule has 1 saturated carbocycles. The number of benzene rings is 1. The fourth-order valence-corrected chi connectivity index (χ4v) is 2.59. The Morgan fingerprint density at radius 2 is 2.12 bits per heavy atom. The molecule has 94 valence electrons. The minimum absolute atomic E-state index is 0.214. The molecular weight excluding hydrogens is 237 g/mol. The summed E-state index contributed by atoms with van der Waals surface area (Å²) in [4.78, 5) is 0. The van der Waals surface area contributed by atoms with Crippen LogP contribution in [-0.2, 0) is 6.42 Å². The van der Waals surface area contributed by atoms with Crippen LogP contribution in [0.25, 0.3) is 0 Å². The predicted molar refractivity (Wildman–Crippen MR) is 69.9 cm³/mol. The lowest BCUT2D eigenvalue weighted by Gasteiger charge is -2.37. The van der Waals surface area contributed by atoms with Gasteiger partial charge in [-0.25, -0.2) is 4.39 Å². The van der Waals surface area contributed by atoms with E-state index in [1.54, 1.807) is 12.1 Å². The molecule has 0 bridgehead atoms. The number of hydrogen-bond donors (Lipinski definition) is 1. The maximum atomic E-state index is 13.3. The molecule has 0 aliphatic heterocycles. The molecule has 1 aliphatic carbocycles. The van der Waals surface area contributed by atoms with Gasteiger partial charge in [0.2, 0.25) is 0 Å². The molecule has 1 aromatic rings. The summed E-state index contributed by atoms with van der Waals surface area (Å²) in [7, 11) is 0. The van der Waals surface area contributed by atoms with Crippen LogP contribution in [0, 0.1) is 17.7 Å². The van der Waals surface area contributed by atoms with Gasteiger partial charge in [0.15, 0.2) is 0 Å². The van der Waals surface area contributed by atoms with Crippen LogP contribution in [-0.4, -0.2) is 13.1 Å². The van der Waals surface area contributed by atoms with Crippen molar-refractivity contribution in [2.45, 2.75) is 26.2 Å². The third-order valence-corrected chi connectivity index (χ3v) is 4.02. The Morgan fingerprint density at radius 3 is 2.71 bits per heavy atom. The second-order valence-corrected chi connectivity index (χ2v) is 5.26. The predicted octanol–water partition coefficient (Wildman–Crippen LogP) is 3.66. The summed E-state index contributed by atoms with van der Waals surface area (Å²) >= 11 is 5.68. The molecule has 0 radical (unpaired) electrons. The Kier molecular flexibility index (Phi) is 4.41. The van der Waals surface area contributed by atoms with Crippen LogP contribution in [0.5, 0.6) is 0 Å². The van der Waals surface area contributed by atoms with Crippen LogP contribution >= 0.6 is 11.6 Å². The van der Waals surface area contributed by atoms with Gasteiger partial charge in [0.1, 0.15) is 5.82 Å². The minimum atomic E-state index is -0.299. The van der Waals surface area contributed by atoms with Gasteiger partial charge in [-0.1, -0.05) is 24.6 Å². The number of nitrogens with one attached hydrogen (secondary N) is 1. The van der Waals surface area contributed by atoms with Gasteiger partial charge in [-0.2, -0.15) is 0 Å². The maximum Gasteiger partial charge on any atom is 0.142 e. The molecule has 0 heterocycles. The van der Waals surface area contributed by atoms with Gasteiger partial charge in [-0.05, 0) is 61.9 Å².